The van der Waals surface area contributed by atoms with Crippen molar-refractivity contribution in [2.45, 2.75) is 13.0 Å². The average molecular weight is 289 g/mol. The third-order valence-electron chi connectivity index (χ3n) is 3.35. The van der Waals surface area contributed by atoms with Crippen molar-refractivity contribution >= 4 is 17.4 Å². The molecular formula is C15H15NO3S. The number of methoxy groups -OCH3 is 1. The minimum atomic E-state index is -0.297. The quantitative estimate of drug-likeness (QED) is 0.851. The summed E-state index contributed by atoms with van der Waals surface area (Å²) >= 11 is 1.69. The summed E-state index contributed by atoms with van der Waals surface area (Å²) in [5.41, 5.74) is 1.35. The molecule has 1 amide bonds. The lowest BCUT2D eigenvalue weighted by atomic mass is 10.1. The van der Waals surface area contributed by atoms with Crippen LogP contribution in [0.4, 0.5) is 4.79 Å². The van der Waals surface area contributed by atoms with Gasteiger partial charge in [-0.2, -0.15) is 0 Å². The molecule has 0 N–H and O–H groups in total. The number of nitrogens with zero attached hydrogens (tertiary/aromatic N) is 1. The Morgan fingerprint density at radius 2 is 1.95 bits per heavy atom. The summed E-state index contributed by atoms with van der Waals surface area (Å²) in [7, 11) is 1.60. The largest absolute Gasteiger partial charge is 0.497 e. The molecule has 5 heteroatoms. The molecule has 104 valence electrons. The van der Waals surface area contributed by atoms with Crippen LogP contribution in [-0.4, -0.2) is 24.6 Å². The Labute approximate surface area is 121 Å². The number of hydrogen-bond donors (Lipinski definition) is 0. The zero-order chi connectivity index (χ0) is 13.9. The number of thiophene rings is 1. The van der Waals surface area contributed by atoms with E-state index in [9.17, 15) is 4.79 Å². The smallest absolute Gasteiger partial charge is 0.415 e. The van der Waals surface area contributed by atoms with Gasteiger partial charge in [0, 0.05) is 11.4 Å². The van der Waals surface area contributed by atoms with Crippen LogP contribution in [0.5, 0.6) is 11.5 Å². The zero-order valence-corrected chi connectivity index (χ0v) is 12.0. The van der Waals surface area contributed by atoms with Crippen LogP contribution in [0.25, 0.3) is 0 Å². The predicted octanol–water partition coefficient (Wildman–Crippen LogP) is 3.31. The minimum absolute atomic E-state index is 0.297. The standard InChI is InChI=1S/C15H15NO3S/c1-18-12-2-4-13(5-3-12)19-15(17)16-8-6-11-7-9-20-14(11)10-16/h2-5,7,9H,6,8,10H2,1H3. The lowest BCUT2D eigenvalue weighted by molar-refractivity contribution is 0.147. The van der Waals surface area contributed by atoms with Gasteiger partial charge in [0.25, 0.3) is 0 Å². The van der Waals surface area contributed by atoms with Gasteiger partial charge in [-0.3, -0.25) is 0 Å². The number of amides is 1. The van der Waals surface area contributed by atoms with Crippen molar-refractivity contribution < 1.29 is 14.3 Å². The number of benzene rings is 1. The zero-order valence-electron chi connectivity index (χ0n) is 11.2. The molecule has 1 aliphatic rings. The van der Waals surface area contributed by atoms with Crippen LogP contribution in [0, 0.1) is 0 Å². The lowest BCUT2D eigenvalue weighted by Crippen LogP contribution is -2.37. The van der Waals surface area contributed by atoms with Crippen LogP contribution in [-0.2, 0) is 13.0 Å². The van der Waals surface area contributed by atoms with Gasteiger partial charge >= 0.3 is 6.09 Å². The third-order valence-corrected chi connectivity index (χ3v) is 4.29. The first kappa shape index (κ1) is 13.0. The van der Waals surface area contributed by atoms with E-state index in [1.807, 2.05) is 0 Å². The van der Waals surface area contributed by atoms with E-state index in [0.717, 1.165) is 12.2 Å². The number of hydrogen-bond acceptors (Lipinski definition) is 4. The first-order valence-corrected chi connectivity index (χ1v) is 7.30. The Morgan fingerprint density at radius 3 is 2.70 bits per heavy atom. The normalized spacial score (nSPS) is 13.8. The molecule has 0 unspecified atom stereocenters. The number of rotatable bonds is 2. The summed E-state index contributed by atoms with van der Waals surface area (Å²) in [5, 5.41) is 2.07. The van der Waals surface area contributed by atoms with E-state index in [1.54, 1.807) is 47.6 Å². The highest BCUT2D eigenvalue weighted by atomic mass is 32.1. The molecule has 0 saturated heterocycles. The molecule has 1 aliphatic heterocycles. The molecular weight excluding hydrogens is 274 g/mol. The Morgan fingerprint density at radius 1 is 1.20 bits per heavy atom. The molecule has 2 aromatic rings. The fourth-order valence-corrected chi connectivity index (χ4v) is 3.15. The van der Waals surface area contributed by atoms with Gasteiger partial charge in [-0.15, -0.1) is 11.3 Å². The van der Waals surface area contributed by atoms with E-state index in [4.69, 9.17) is 9.47 Å². The maximum absolute atomic E-state index is 12.1. The van der Waals surface area contributed by atoms with E-state index in [0.29, 0.717) is 18.8 Å². The lowest BCUT2D eigenvalue weighted by Gasteiger charge is -2.25. The first-order chi connectivity index (χ1) is 9.76. The molecule has 0 atom stereocenters. The summed E-state index contributed by atoms with van der Waals surface area (Å²) < 4.78 is 10.5. The highest BCUT2D eigenvalue weighted by molar-refractivity contribution is 7.10. The van der Waals surface area contributed by atoms with Gasteiger partial charge in [0.05, 0.1) is 13.7 Å². The van der Waals surface area contributed by atoms with Crippen LogP contribution in [0.3, 0.4) is 0 Å². The summed E-state index contributed by atoms with van der Waals surface area (Å²) in [5.74, 6) is 1.28. The van der Waals surface area contributed by atoms with Crippen molar-refractivity contribution in [3.63, 3.8) is 0 Å². The van der Waals surface area contributed by atoms with Gasteiger partial charge in [0.2, 0.25) is 0 Å². The van der Waals surface area contributed by atoms with Crippen molar-refractivity contribution in [3.05, 3.63) is 46.2 Å². The molecule has 0 bridgehead atoms. The first-order valence-electron chi connectivity index (χ1n) is 6.42. The van der Waals surface area contributed by atoms with Crippen molar-refractivity contribution in [1.82, 2.24) is 4.90 Å². The number of carbonyl (C=O) groups is 1. The summed E-state index contributed by atoms with van der Waals surface area (Å²) in [6.07, 6.45) is 0.602. The van der Waals surface area contributed by atoms with Crippen LogP contribution < -0.4 is 9.47 Å². The van der Waals surface area contributed by atoms with Gasteiger partial charge in [-0.25, -0.2) is 4.79 Å². The molecule has 20 heavy (non-hydrogen) atoms. The van der Waals surface area contributed by atoms with Crippen LogP contribution in [0.1, 0.15) is 10.4 Å². The monoisotopic (exact) mass is 289 g/mol. The summed E-state index contributed by atoms with van der Waals surface area (Å²) in [6.45, 7) is 1.35. The summed E-state index contributed by atoms with van der Waals surface area (Å²) in [4.78, 5) is 15.1. The molecule has 3 rings (SSSR count). The molecule has 4 nitrogen and oxygen atoms in total. The van der Waals surface area contributed by atoms with E-state index >= 15 is 0 Å². The SMILES string of the molecule is COc1ccc(OC(=O)N2CCc3ccsc3C2)cc1. The van der Waals surface area contributed by atoms with E-state index < -0.39 is 0 Å². The van der Waals surface area contributed by atoms with Gasteiger partial charge in [0.1, 0.15) is 11.5 Å². The number of carbonyl (C=O) groups excluding carboxylic acids is 1. The van der Waals surface area contributed by atoms with Crippen molar-refractivity contribution in [1.29, 1.82) is 0 Å². The van der Waals surface area contributed by atoms with Gasteiger partial charge in [0.15, 0.2) is 0 Å². The fourth-order valence-electron chi connectivity index (χ4n) is 2.20. The van der Waals surface area contributed by atoms with Crippen molar-refractivity contribution in [3.8, 4) is 11.5 Å². The van der Waals surface area contributed by atoms with Gasteiger partial charge in [-0.1, -0.05) is 0 Å². The van der Waals surface area contributed by atoms with Crippen molar-refractivity contribution in [2.24, 2.45) is 0 Å². The maximum atomic E-state index is 12.1. The maximum Gasteiger partial charge on any atom is 0.415 e. The Bertz CT molecular complexity index is 606. The van der Waals surface area contributed by atoms with Crippen LogP contribution in [0.2, 0.25) is 0 Å². The van der Waals surface area contributed by atoms with Gasteiger partial charge < -0.3 is 14.4 Å². The summed E-state index contributed by atoms with van der Waals surface area (Å²) in [6, 6.07) is 9.15. The molecule has 1 aromatic carbocycles. The van der Waals surface area contributed by atoms with E-state index in [1.165, 1.54) is 10.4 Å². The molecule has 0 fully saturated rings. The van der Waals surface area contributed by atoms with Crippen LogP contribution >= 0.6 is 11.3 Å². The van der Waals surface area contributed by atoms with E-state index in [2.05, 4.69) is 11.4 Å². The highest BCUT2D eigenvalue weighted by Crippen LogP contribution is 2.25. The third kappa shape index (κ3) is 2.63. The molecule has 1 aromatic heterocycles. The number of fused-ring (bicyclic) bond motifs is 1. The Hall–Kier alpha value is -2.01. The highest BCUT2D eigenvalue weighted by Gasteiger charge is 2.22. The second-order valence-electron chi connectivity index (χ2n) is 4.58. The van der Waals surface area contributed by atoms with E-state index in [-0.39, 0.29) is 6.09 Å². The van der Waals surface area contributed by atoms with Gasteiger partial charge in [-0.05, 0) is 47.7 Å². The molecule has 0 saturated carbocycles. The Kier molecular flexibility index (Phi) is 3.60. The minimum Gasteiger partial charge on any atom is -0.497 e. The molecule has 0 radical (unpaired) electrons. The topological polar surface area (TPSA) is 38.8 Å². The molecule has 0 spiro atoms. The van der Waals surface area contributed by atoms with Crippen LogP contribution in [0.15, 0.2) is 35.7 Å². The molecule has 0 aliphatic carbocycles. The predicted molar refractivity (Wildman–Crippen MR) is 77.5 cm³/mol. The second kappa shape index (κ2) is 5.54. The molecule has 2 heterocycles. The average Bonchev–Trinajstić information content (AvgIpc) is 2.95. The fraction of sp³-hybridized carbons (Fsp3) is 0.267. The Balaban J connectivity index is 1.65. The number of ether oxygens (including phenoxy) is 2. The second-order valence-corrected chi connectivity index (χ2v) is 5.58. The van der Waals surface area contributed by atoms with Crippen molar-refractivity contribution in [2.75, 3.05) is 13.7 Å².